The van der Waals surface area contributed by atoms with Crippen molar-refractivity contribution >= 4 is 38.2 Å². The van der Waals surface area contributed by atoms with E-state index in [2.05, 4.69) is 9.71 Å². The fourth-order valence-corrected chi connectivity index (χ4v) is 3.93. The van der Waals surface area contributed by atoms with E-state index < -0.39 is 10.0 Å². The van der Waals surface area contributed by atoms with Crippen LogP contribution in [0.3, 0.4) is 0 Å². The number of hydrogen-bond acceptors (Lipinski definition) is 4. The molecular weight excluding hydrogens is 364 g/mol. The first-order valence-electron chi connectivity index (χ1n) is 7.30. The summed E-state index contributed by atoms with van der Waals surface area (Å²) in [5, 5.41) is 1.08. The van der Waals surface area contributed by atoms with Crippen LogP contribution in [-0.2, 0) is 10.0 Å². The van der Waals surface area contributed by atoms with E-state index in [1.807, 2.05) is 0 Å². The number of nitrogens with one attached hydrogen (secondary N) is 2. The Bertz CT molecular complexity index is 1120. The number of rotatable bonds is 4. The van der Waals surface area contributed by atoms with Crippen molar-refractivity contribution in [1.82, 2.24) is 4.98 Å². The Hall–Kier alpha value is -2.51. The minimum Gasteiger partial charge on any atom is -0.495 e. The zero-order valence-electron chi connectivity index (χ0n) is 13.5. The lowest BCUT2D eigenvalue weighted by Gasteiger charge is -2.12. The molecule has 0 bridgehead atoms. The van der Waals surface area contributed by atoms with Gasteiger partial charge < -0.3 is 9.72 Å². The van der Waals surface area contributed by atoms with Crippen molar-refractivity contribution in [3.8, 4) is 5.75 Å². The summed E-state index contributed by atoms with van der Waals surface area (Å²) in [7, 11) is -2.54. The molecular formula is C17H15ClN2O4S. The second kappa shape index (κ2) is 6.42. The van der Waals surface area contributed by atoms with E-state index in [-0.39, 0.29) is 21.2 Å². The maximum atomic E-state index is 12.7. The second-order valence-electron chi connectivity index (χ2n) is 5.48. The predicted molar refractivity (Wildman–Crippen MR) is 98.1 cm³/mol. The molecule has 0 saturated carbocycles. The average Bonchev–Trinajstić information content (AvgIpc) is 2.56. The van der Waals surface area contributed by atoms with Gasteiger partial charge in [-0.1, -0.05) is 17.7 Å². The first-order chi connectivity index (χ1) is 11.8. The van der Waals surface area contributed by atoms with E-state index in [1.54, 1.807) is 37.3 Å². The summed E-state index contributed by atoms with van der Waals surface area (Å²) in [6.07, 6.45) is 0. The molecule has 2 aromatic carbocycles. The molecule has 2 N–H and O–H groups in total. The topological polar surface area (TPSA) is 88.3 Å². The Morgan fingerprint density at radius 3 is 2.60 bits per heavy atom. The number of H-pyrrole nitrogens is 1. The summed E-state index contributed by atoms with van der Waals surface area (Å²) in [6, 6.07) is 11.0. The summed E-state index contributed by atoms with van der Waals surface area (Å²) in [5.41, 5.74) is 1.22. The van der Waals surface area contributed by atoms with Gasteiger partial charge in [0.25, 0.3) is 15.6 Å². The number of anilines is 1. The molecule has 1 aromatic heterocycles. The molecule has 3 rings (SSSR count). The molecule has 3 aromatic rings. The quantitative estimate of drug-likeness (QED) is 0.729. The second-order valence-corrected chi connectivity index (χ2v) is 7.57. The van der Waals surface area contributed by atoms with Crippen LogP contribution in [-0.4, -0.2) is 20.5 Å². The molecule has 25 heavy (non-hydrogen) atoms. The van der Waals surface area contributed by atoms with Crippen molar-refractivity contribution in [2.45, 2.75) is 11.8 Å². The lowest BCUT2D eigenvalue weighted by Crippen LogP contribution is -2.14. The van der Waals surface area contributed by atoms with Gasteiger partial charge in [0.1, 0.15) is 10.6 Å². The van der Waals surface area contributed by atoms with E-state index in [9.17, 15) is 13.2 Å². The van der Waals surface area contributed by atoms with Gasteiger partial charge >= 0.3 is 0 Å². The van der Waals surface area contributed by atoms with E-state index in [0.717, 1.165) is 5.39 Å². The van der Waals surface area contributed by atoms with Gasteiger partial charge in [-0.05, 0) is 48.7 Å². The molecule has 130 valence electrons. The molecule has 8 heteroatoms. The number of benzene rings is 2. The van der Waals surface area contributed by atoms with Crippen LogP contribution in [0.15, 0.2) is 52.2 Å². The van der Waals surface area contributed by atoms with Gasteiger partial charge in [-0.3, -0.25) is 9.52 Å². The summed E-state index contributed by atoms with van der Waals surface area (Å²) in [6.45, 7) is 1.71. The Labute approximate surface area is 149 Å². The number of sulfonamides is 1. The van der Waals surface area contributed by atoms with Crippen LogP contribution in [0.5, 0.6) is 5.75 Å². The Balaban J connectivity index is 2.04. The SMILES string of the molecule is COc1ccc(Cl)cc1S(=O)(=O)Nc1ccc2cc(C)c(=O)[nH]c2c1. The molecule has 0 radical (unpaired) electrons. The van der Waals surface area contributed by atoms with Gasteiger partial charge in [0.2, 0.25) is 0 Å². The van der Waals surface area contributed by atoms with Gasteiger partial charge in [0, 0.05) is 10.6 Å². The number of methoxy groups -OCH3 is 1. The number of pyridine rings is 1. The molecule has 0 amide bonds. The highest BCUT2D eigenvalue weighted by molar-refractivity contribution is 7.92. The zero-order chi connectivity index (χ0) is 18.2. The predicted octanol–water partition coefficient (Wildman–Crippen LogP) is 3.30. The minimum atomic E-state index is -3.92. The standard InChI is InChI=1S/C17H15ClN2O4S/c1-10-7-11-3-5-13(9-14(11)19-17(10)21)20-25(22,23)16-8-12(18)4-6-15(16)24-2/h3-9,20H,1-2H3,(H,19,21). The van der Waals surface area contributed by atoms with E-state index in [4.69, 9.17) is 16.3 Å². The van der Waals surface area contributed by atoms with Gasteiger partial charge in [-0.15, -0.1) is 0 Å². The molecule has 1 heterocycles. The average molecular weight is 379 g/mol. The zero-order valence-corrected chi connectivity index (χ0v) is 15.0. The fraction of sp³-hybridized carbons (Fsp3) is 0.118. The normalized spacial score (nSPS) is 11.5. The van der Waals surface area contributed by atoms with Crippen molar-refractivity contribution < 1.29 is 13.2 Å². The van der Waals surface area contributed by atoms with Gasteiger partial charge in [-0.2, -0.15) is 0 Å². The van der Waals surface area contributed by atoms with Crippen LogP contribution in [0.2, 0.25) is 5.02 Å². The summed E-state index contributed by atoms with van der Waals surface area (Å²) in [5.74, 6) is 0.182. The Morgan fingerprint density at radius 1 is 1.12 bits per heavy atom. The summed E-state index contributed by atoms with van der Waals surface area (Å²) >= 11 is 5.91. The van der Waals surface area contributed by atoms with E-state index in [0.29, 0.717) is 16.8 Å². The highest BCUT2D eigenvalue weighted by Crippen LogP contribution is 2.29. The van der Waals surface area contributed by atoms with Crippen LogP contribution in [0.25, 0.3) is 10.9 Å². The fourth-order valence-electron chi connectivity index (χ4n) is 2.44. The number of ether oxygens (including phenoxy) is 1. The molecule has 0 atom stereocenters. The largest absolute Gasteiger partial charge is 0.495 e. The highest BCUT2D eigenvalue weighted by Gasteiger charge is 2.20. The van der Waals surface area contributed by atoms with Gasteiger partial charge in [0.15, 0.2) is 0 Å². The van der Waals surface area contributed by atoms with Crippen LogP contribution < -0.4 is 15.0 Å². The Morgan fingerprint density at radius 2 is 1.88 bits per heavy atom. The molecule has 6 nitrogen and oxygen atoms in total. The van der Waals surface area contributed by atoms with Gasteiger partial charge in [0.05, 0.1) is 18.3 Å². The monoisotopic (exact) mass is 378 g/mol. The summed E-state index contributed by atoms with van der Waals surface area (Å²) < 4.78 is 32.9. The first kappa shape index (κ1) is 17.3. The van der Waals surface area contributed by atoms with Crippen molar-refractivity contribution in [3.63, 3.8) is 0 Å². The number of halogens is 1. The third-order valence-corrected chi connectivity index (χ3v) is 5.34. The van der Waals surface area contributed by atoms with Crippen molar-refractivity contribution in [2.75, 3.05) is 11.8 Å². The maximum absolute atomic E-state index is 12.7. The third-order valence-electron chi connectivity index (χ3n) is 3.70. The van der Waals surface area contributed by atoms with Crippen LogP contribution in [0, 0.1) is 6.92 Å². The molecule has 0 fully saturated rings. The maximum Gasteiger partial charge on any atom is 0.265 e. The van der Waals surface area contributed by atoms with Crippen LogP contribution in [0.4, 0.5) is 5.69 Å². The van der Waals surface area contributed by atoms with Crippen LogP contribution >= 0.6 is 11.6 Å². The lowest BCUT2D eigenvalue weighted by atomic mass is 10.1. The lowest BCUT2D eigenvalue weighted by molar-refractivity contribution is 0.403. The minimum absolute atomic E-state index is 0.0694. The summed E-state index contributed by atoms with van der Waals surface area (Å²) in [4.78, 5) is 14.4. The number of fused-ring (bicyclic) bond motifs is 1. The molecule has 0 aliphatic carbocycles. The van der Waals surface area contributed by atoms with Crippen molar-refractivity contribution in [2.24, 2.45) is 0 Å². The van der Waals surface area contributed by atoms with E-state index in [1.165, 1.54) is 19.2 Å². The van der Waals surface area contributed by atoms with Crippen molar-refractivity contribution in [1.29, 1.82) is 0 Å². The molecule has 0 aliphatic rings. The number of aryl methyl sites for hydroxylation is 1. The van der Waals surface area contributed by atoms with Crippen LogP contribution in [0.1, 0.15) is 5.56 Å². The highest BCUT2D eigenvalue weighted by atomic mass is 35.5. The molecule has 0 spiro atoms. The number of aromatic amines is 1. The number of aromatic nitrogens is 1. The molecule has 0 unspecified atom stereocenters. The van der Waals surface area contributed by atoms with Crippen molar-refractivity contribution in [3.05, 3.63) is 63.4 Å². The molecule has 0 aliphatic heterocycles. The smallest absolute Gasteiger partial charge is 0.265 e. The van der Waals surface area contributed by atoms with E-state index >= 15 is 0 Å². The van der Waals surface area contributed by atoms with Gasteiger partial charge in [-0.25, -0.2) is 8.42 Å². The third kappa shape index (κ3) is 3.47. The molecule has 0 saturated heterocycles. The Kier molecular flexibility index (Phi) is 4.45. The first-order valence-corrected chi connectivity index (χ1v) is 9.16. The number of hydrogen-bond donors (Lipinski definition) is 2.